The van der Waals surface area contributed by atoms with Crippen molar-refractivity contribution in [2.24, 2.45) is 0 Å². The number of amides is 1. The van der Waals surface area contributed by atoms with Gasteiger partial charge >= 0.3 is 0 Å². The van der Waals surface area contributed by atoms with Crippen molar-refractivity contribution < 1.29 is 26.4 Å². The number of rotatable bonds is 6. The molecule has 27 heavy (non-hydrogen) atoms. The molecule has 1 amide bonds. The molecule has 1 heterocycles. The first kappa shape index (κ1) is 18.8. The van der Waals surface area contributed by atoms with Gasteiger partial charge in [-0.3, -0.25) is 4.79 Å². The van der Waals surface area contributed by atoms with E-state index in [-0.39, 0.29) is 22.8 Å². The van der Waals surface area contributed by atoms with Gasteiger partial charge in [0.25, 0.3) is 5.91 Å². The van der Waals surface area contributed by atoms with Gasteiger partial charge in [0, 0.05) is 12.1 Å². The fourth-order valence-corrected chi connectivity index (χ4v) is 4.13. The van der Waals surface area contributed by atoms with Gasteiger partial charge in [-0.1, -0.05) is 6.07 Å². The Hall–Kier alpha value is -3.00. The molecule has 1 unspecified atom stereocenters. The van der Waals surface area contributed by atoms with E-state index in [9.17, 15) is 22.0 Å². The minimum Gasteiger partial charge on any atom is -0.468 e. The van der Waals surface area contributed by atoms with Crippen LogP contribution in [0.2, 0.25) is 0 Å². The molecule has 140 valence electrons. The van der Waals surface area contributed by atoms with Crippen LogP contribution >= 0.6 is 0 Å². The van der Waals surface area contributed by atoms with Crippen molar-refractivity contribution in [3.63, 3.8) is 0 Å². The summed E-state index contributed by atoms with van der Waals surface area (Å²) in [6, 6.07) is 12.4. The summed E-state index contributed by atoms with van der Waals surface area (Å²) in [5.74, 6) is -1.65. The third kappa shape index (κ3) is 4.22. The highest BCUT2D eigenvalue weighted by molar-refractivity contribution is 7.91. The van der Waals surface area contributed by atoms with Crippen molar-refractivity contribution in [3.8, 4) is 0 Å². The first-order valence-electron chi connectivity index (χ1n) is 7.94. The van der Waals surface area contributed by atoms with Crippen LogP contribution in [0.25, 0.3) is 0 Å². The van der Waals surface area contributed by atoms with E-state index in [4.69, 9.17) is 4.42 Å². The van der Waals surface area contributed by atoms with Crippen molar-refractivity contribution in [1.29, 1.82) is 0 Å². The molecule has 3 aromatic rings. The van der Waals surface area contributed by atoms with Crippen LogP contribution in [0.15, 0.2) is 76.2 Å². The quantitative estimate of drug-likeness (QED) is 0.653. The van der Waals surface area contributed by atoms with Crippen molar-refractivity contribution in [2.45, 2.75) is 10.1 Å². The molecule has 0 fully saturated rings. The Balaban J connectivity index is 1.86. The minimum atomic E-state index is -3.98. The predicted molar refractivity (Wildman–Crippen MR) is 93.8 cm³/mol. The molecule has 0 aliphatic rings. The first-order valence-corrected chi connectivity index (χ1v) is 9.49. The third-order valence-corrected chi connectivity index (χ3v) is 5.99. The summed E-state index contributed by atoms with van der Waals surface area (Å²) in [4.78, 5) is 12.1. The third-order valence-electron chi connectivity index (χ3n) is 3.91. The van der Waals surface area contributed by atoms with E-state index in [0.29, 0.717) is 0 Å². The number of benzene rings is 2. The lowest BCUT2D eigenvalue weighted by atomic mass is 10.2. The highest BCUT2D eigenvalue weighted by Crippen LogP contribution is 2.29. The number of hydrogen-bond acceptors (Lipinski definition) is 4. The average molecular weight is 391 g/mol. The molecule has 5 nitrogen and oxygen atoms in total. The second-order valence-electron chi connectivity index (χ2n) is 5.72. The molecule has 0 radical (unpaired) electrons. The zero-order valence-corrected chi connectivity index (χ0v) is 14.7. The lowest BCUT2D eigenvalue weighted by Crippen LogP contribution is -2.31. The highest BCUT2D eigenvalue weighted by Gasteiger charge is 2.32. The van der Waals surface area contributed by atoms with Crippen LogP contribution in [-0.2, 0) is 9.84 Å². The molecule has 1 atom stereocenters. The molecule has 1 N–H and O–H groups in total. The van der Waals surface area contributed by atoms with E-state index >= 15 is 0 Å². The number of nitrogens with one attached hydrogen (secondary N) is 1. The fourth-order valence-electron chi connectivity index (χ4n) is 2.54. The normalized spacial score (nSPS) is 12.5. The summed E-state index contributed by atoms with van der Waals surface area (Å²) in [6.07, 6.45) is 1.32. The minimum absolute atomic E-state index is 0.0624. The number of carbonyl (C=O) groups is 1. The van der Waals surface area contributed by atoms with Crippen molar-refractivity contribution in [1.82, 2.24) is 5.32 Å². The van der Waals surface area contributed by atoms with Gasteiger partial charge in [-0.05, 0) is 54.6 Å². The Labute approximate surface area is 154 Å². The van der Waals surface area contributed by atoms with E-state index in [1.165, 1.54) is 36.6 Å². The summed E-state index contributed by atoms with van der Waals surface area (Å²) in [5, 5.41) is 1.26. The molecule has 0 saturated heterocycles. The lowest BCUT2D eigenvalue weighted by molar-refractivity contribution is 0.0952. The number of furan rings is 1. The van der Waals surface area contributed by atoms with Crippen LogP contribution in [0.5, 0.6) is 0 Å². The molecule has 3 rings (SSSR count). The number of halogens is 2. The van der Waals surface area contributed by atoms with Crippen LogP contribution in [-0.4, -0.2) is 20.9 Å². The monoisotopic (exact) mass is 391 g/mol. The molecule has 8 heteroatoms. The Kier molecular flexibility index (Phi) is 5.36. The van der Waals surface area contributed by atoms with Crippen LogP contribution in [0.4, 0.5) is 8.78 Å². The number of sulfone groups is 1. The zero-order chi connectivity index (χ0) is 19.4. The number of hydrogen-bond donors (Lipinski definition) is 1. The molecule has 0 aliphatic carbocycles. The van der Waals surface area contributed by atoms with Crippen LogP contribution < -0.4 is 5.32 Å². The topological polar surface area (TPSA) is 76.4 Å². The summed E-state index contributed by atoms with van der Waals surface area (Å²) >= 11 is 0. The van der Waals surface area contributed by atoms with Gasteiger partial charge < -0.3 is 9.73 Å². The highest BCUT2D eigenvalue weighted by atomic mass is 32.2. The molecular weight excluding hydrogens is 376 g/mol. The smallest absolute Gasteiger partial charge is 0.251 e. The molecule has 0 spiro atoms. The van der Waals surface area contributed by atoms with Gasteiger partial charge in [0.05, 0.1) is 11.2 Å². The molecule has 0 bridgehead atoms. The van der Waals surface area contributed by atoms with Crippen LogP contribution in [0.3, 0.4) is 0 Å². The predicted octanol–water partition coefficient (Wildman–Crippen LogP) is 3.50. The van der Waals surface area contributed by atoms with Crippen molar-refractivity contribution in [2.75, 3.05) is 6.54 Å². The second-order valence-corrected chi connectivity index (χ2v) is 7.85. The van der Waals surface area contributed by atoms with E-state index in [1.54, 1.807) is 0 Å². The Morgan fingerprint density at radius 2 is 1.74 bits per heavy atom. The van der Waals surface area contributed by atoms with Gasteiger partial charge in [-0.2, -0.15) is 0 Å². The molecular formula is C19H15F2NO4S. The maximum atomic E-state index is 13.3. The Morgan fingerprint density at radius 3 is 2.37 bits per heavy atom. The van der Waals surface area contributed by atoms with E-state index in [2.05, 4.69) is 5.32 Å². The standard InChI is InChI=1S/C19H15F2NO4S/c20-14-6-8-16(9-7-14)27(24,25)18(17-5-2-10-26-17)12-22-19(23)13-3-1-4-15(21)11-13/h1-11,18H,12H2,(H,22,23). The zero-order valence-electron chi connectivity index (χ0n) is 13.9. The Bertz CT molecular complexity index is 1030. The van der Waals surface area contributed by atoms with Gasteiger partial charge in [0.2, 0.25) is 0 Å². The summed E-state index contributed by atoms with van der Waals surface area (Å²) in [7, 11) is -3.98. The van der Waals surface area contributed by atoms with Crippen LogP contribution in [0.1, 0.15) is 21.4 Å². The molecule has 0 aliphatic heterocycles. The maximum absolute atomic E-state index is 13.3. The first-order chi connectivity index (χ1) is 12.9. The van der Waals surface area contributed by atoms with Gasteiger partial charge in [0.15, 0.2) is 9.84 Å². The fraction of sp³-hybridized carbons (Fsp3) is 0.105. The van der Waals surface area contributed by atoms with Gasteiger partial charge in [0.1, 0.15) is 22.6 Å². The SMILES string of the molecule is O=C(NCC(c1ccco1)S(=O)(=O)c1ccc(F)cc1)c1cccc(F)c1. The van der Waals surface area contributed by atoms with E-state index in [0.717, 1.165) is 30.3 Å². The maximum Gasteiger partial charge on any atom is 0.251 e. The van der Waals surface area contributed by atoms with Crippen LogP contribution in [0, 0.1) is 11.6 Å². The summed E-state index contributed by atoms with van der Waals surface area (Å²) < 4.78 is 57.5. The molecule has 2 aromatic carbocycles. The van der Waals surface area contributed by atoms with E-state index in [1.807, 2.05) is 0 Å². The van der Waals surface area contributed by atoms with Gasteiger partial charge in [-0.25, -0.2) is 17.2 Å². The lowest BCUT2D eigenvalue weighted by Gasteiger charge is -2.17. The Morgan fingerprint density at radius 1 is 1.00 bits per heavy atom. The van der Waals surface area contributed by atoms with Crippen molar-refractivity contribution >= 4 is 15.7 Å². The largest absolute Gasteiger partial charge is 0.468 e. The molecule has 0 saturated carbocycles. The summed E-state index contributed by atoms with van der Waals surface area (Å²) in [5.41, 5.74) is 0.0624. The van der Waals surface area contributed by atoms with Gasteiger partial charge in [-0.15, -0.1) is 0 Å². The average Bonchev–Trinajstić information content (AvgIpc) is 3.16. The van der Waals surface area contributed by atoms with E-state index < -0.39 is 32.6 Å². The van der Waals surface area contributed by atoms with Crippen molar-refractivity contribution in [3.05, 3.63) is 89.9 Å². The number of carbonyl (C=O) groups excluding carboxylic acids is 1. The summed E-state index contributed by atoms with van der Waals surface area (Å²) in [6.45, 7) is -0.303. The molecule has 1 aromatic heterocycles. The second kappa shape index (κ2) is 7.71.